The zero-order chi connectivity index (χ0) is 26.4. The minimum atomic E-state index is -3.04. The van der Waals surface area contributed by atoms with Gasteiger partial charge in [-0.1, -0.05) is 49.0 Å². The first-order valence-electron chi connectivity index (χ1n) is 11.4. The Balaban J connectivity index is 1.74. The van der Waals surface area contributed by atoms with Crippen molar-refractivity contribution in [1.82, 2.24) is 15.2 Å². The highest BCUT2D eigenvalue weighted by Gasteiger charge is 2.36. The van der Waals surface area contributed by atoms with Crippen LogP contribution in [0.5, 0.6) is 11.5 Å². The van der Waals surface area contributed by atoms with Crippen LogP contribution in [0.4, 0.5) is 18.4 Å². The number of urea groups is 1. The monoisotopic (exact) mass is 529 g/mol. The van der Waals surface area contributed by atoms with E-state index >= 15 is 0 Å². The molecular formula is C25H25F2N5O4S. The molecule has 0 bridgehead atoms. The summed E-state index contributed by atoms with van der Waals surface area (Å²) in [6.07, 6.45) is 4.25. The third-order valence-corrected chi connectivity index (χ3v) is 6.82. The Labute approximate surface area is 216 Å². The van der Waals surface area contributed by atoms with E-state index in [1.165, 1.54) is 41.6 Å². The van der Waals surface area contributed by atoms with E-state index in [9.17, 15) is 18.4 Å². The Morgan fingerprint density at radius 2 is 2.00 bits per heavy atom. The number of benzene rings is 2. The lowest BCUT2D eigenvalue weighted by Gasteiger charge is -2.35. The minimum absolute atomic E-state index is 0.140. The summed E-state index contributed by atoms with van der Waals surface area (Å²) in [6.45, 7) is -0.868. The smallest absolute Gasteiger partial charge is 0.387 e. The van der Waals surface area contributed by atoms with Crippen LogP contribution in [0.1, 0.15) is 30.6 Å². The fourth-order valence-electron chi connectivity index (χ4n) is 3.81. The van der Waals surface area contributed by atoms with Crippen LogP contribution in [0.3, 0.4) is 0 Å². The molecule has 2 aliphatic rings. The Morgan fingerprint density at radius 1 is 1.22 bits per heavy atom. The van der Waals surface area contributed by atoms with Crippen molar-refractivity contribution in [3.05, 3.63) is 72.1 Å². The number of thioether (sulfide) groups is 1. The Kier molecular flexibility index (Phi) is 8.39. The zero-order valence-corrected chi connectivity index (χ0v) is 20.9. The van der Waals surface area contributed by atoms with Crippen molar-refractivity contribution in [2.75, 3.05) is 13.7 Å². The molecule has 2 unspecified atom stereocenters. The maximum absolute atomic E-state index is 13.3. The fraction of sp³-hybridized carbons (Fsp3) is 0.280. The van der Waals surface area contributed by atoms with Crippen LogP contribution in [0.25, 0.3) is 0 Å². The molecule has 194 valence electrons. The molecule has 0 aromatic heterocycles. The van der Waals surface area contributed by atoms with Crippen LogP contribution in [0.2, 0.25) is 0 Å². The fourth-order valence-corrected chi connectivity index (χ4v) is 4.77. The molecule has 37 heavy (non-hydrogen) atoms. The van der Waals surface area contributed by atoms with Gasteiger partial charge in [0.15, 0.2) is 17.7 Å². The molecule has 0 saturated carbocycles. The summed E-state index contributed by atoms with van der Waals surface area (Å²) in [5, 5.41) is 8.03. The van der Waals surface area contributed by atoms with E-state index in [4.69, 9.17) is 4.74 Å². The van der Waals surface area contributed by atoms with Crippen molar-refractivity contribution in [1.29, 1.82) is 0 Å². The highest BCUT2D eigenvalue weighted by molar-refractivity contribution is 8.14. The van der Waals surface area contributed by atoms with Crippen molar-refractivity contribution in [3.63, 3.8) is 0 Å². The Hall–Kier alpha value is -3.93. The number of hydrazone groups is 1. The van der Waals surface area contributed by atoms with Gasteiger partial charge in [0.2, 0.25) is 0 Å². The number of nitrogens with one attached hydrogen (secondary N) is 1. The molecule has 2 aliphatic heterocycles. The van der Waals surface area contributed by atoms with Gasteiger partial charge >= 0.3 is 17.9 Å². The first-order valence-corrected chi connectivity index (χ1v) is 12.3. The van der Waals surface area contributed by atoms with Gasteiger partial charge in [-0.25, -0.2) is 4.79 Å². The minimum Gasteiger partial charge on any atom is -0.493 e. The number of rotatable bonds is 8. The molecule has 0 fully saturated rings. The molecule has 0 spiro atoms. The number of carbonyl (C=O) groups is 2. The number of methoxy groups -OCH3 is 1. The summed E-state index contributed by atoms with van der Waals surface area (Å²) in [4.78, 5) is 31.7. The van der Waals surface area contributed by atoms with Gasteiger partial charge in [-0.3, -0.25) is 14.7 Å². The van der Waals surface area contributed by atoms with Crippen molar-refractivity contribution >= 4 is 35.0 Å². The molecule has 9 nitrogen and oxygen atoms in total. The van der Waals surface area contributed by atoms with Gasteiger partial charge in [-0.2, -0.15) is 18.9 Å². The second-order valence-electron chi connectivity index (χ2n) is 7.90. The normalized spacial score (nSPS) is 18.0. The largest absolute Gasteiger partial charge is 0.493 e. The van der Waals surface area contributed by atoms with Crippen molar-refractivity contribution in [2.45, 2.75) is 31.4 Å². The molecule has 2 aromatic rings. The second kappa shape index (κ2) is 11.9. The van der Waals surface area contributed by atoms with Gasteiger partial charge in [-0.05, 0) is 30.2 Å². The molecule has 0 radical (unpaired) electrons. The summed E-state index contributed by atoms with van der Waals surface area (Å²) in [5.74, 6) is -0.00545. The Bertz CT molecular complexity index is 1220. The van der Waals surface area contributed by atoms with Crippen LogP contribution in [0, 0.1) is 0 Å². The summed E-state index contributed by atoms with van der Waals surface area (Å²) >= 11 is 1.05. The van der Waals surface area contributed by atoms with Gasteiger partial charge in [0.1, 0.15) is 0 Å². The number of aliphatic imine (C=N–C) groups is 1. The number of ether oxygens (including phenoxy) is 2. The second-order valence-corrected chi connectivity index (χ2v) is 9.05. The van der Waals surface area contributed by atoms with E-state index in [0.717, 1.165) is 11.8 Å². The van der Waals surface area contributed by atoms with Crippen molar-refractivity contribution in [2.24, 2.45) is 10.1 Å². The SMILES string of the molecule is CCC1SC(=O)N(C(NC(=O)N2C=CN=CC2)c2ccccc2)N=C1c1ccc(OC)c(OC(F)F)c1. The molecule has 4 rings (SSSR count). The Morgan fingerprint density at radius 3 is 2.65 bits per heavy atom. The summed E-state index contributed by atoms with van der Waals surface area (Å²) in [7, 11) is 1.35. The molecule has 2 atom stereocenters. The predicted octanol–water partition coefficient (Wildman–Crippen LogP) is 5.21. The highest BCUT2D eigenvalue weighted by atomic mass is 32.2. The first kappa shape index (κ1) is 26.1. The van der Waals surface area contributed by atoms with Gasteiger partial charge in [0, 0.05) is 24.2 Å². The standard InChI is InChI=1S/C25H25F2N5O4S/c1-3-20-21(17-9-10-18(35-2)19(15-17)36-23(26)27)30-32(25(34)37-20)22(16-7-5-4-6-8-16)29-24(33)31-13-11-28-12-14-31/h4-13,15,20,22-23H,3,14H2,1-2H3,(H,29,33). The number of halogens is 2. The molecule has 3 amide bonds. The average molecular weight is 530 g/mol. The molecule has 12 heteroatoms. The van der Waals surface area contributed by atoms with Crippen molar-refractivity contribution in [3.8, 4) is 11.5 Å². The first-order chi connectivity index (χ1) is 17.9. The van der Waals surface area contributed by atoms with Crippen LogP contribution in [-0.4, -0.2) is 58.6 Å². The summed E-state index contributed by atoms with van der Waals surface area (Å²) in [6, 6.07) is 13.1. The summed E-state index contributed by atoms with van der Waals surface area (Å²) < 4.78 is 35.8. The molecule has 0 saturated heterocycles. The van der Waals surface area contributed by atoms with E-state index in [1.807, 2.05) is 13.0 Å². The lowest BCUT2D eigenvalue weighted by atomic mass is 10.0. The number of hydrogen-bond donors (Lipinski definition) is 1. The zero-order valence-electron chi connectivity index (χ0n) is 20.1. The number of amides is 3. The summed E-state index contributed by atoms with van der Waals surface area (Å²) in [5.41, 5.74) is 1.60. The third-order valence-electron chi connectivity index (χ3n) is 5.59. The average Bonchev–Trinajstić information content (AvgIpc) is 2.92. The molecule has 0 aliphatic carbocycles. The van der Waals surface area contributed by atoms with E-state index in [2.05, 4.69) is 20.1 Å². The predicted molar refractivity (Wildman–Crippen MR) is 137 cm³/mol. The van der Waals surface area contributed by atoms with Gasteiger partial charge in [0.05, 0.1) is 24.6 Å². The lowest BCUT2D eigenvalue weighted by molar-refractivity contribution is -0.0512. The van der Waals surface area contributed by atoms with Gasteiger partial charge < -0.3 is 14.8 Å². The van der Waals surface area contributed by atoms with Crippen LogP contribution in [-0.2, 0) is 0 Å². The van der Waals surface area contributed by atoms with E-state index in [0.29, 0.717) is 23.3 Å². The van der Waals surface area contributed by atoms with E-state index in [1.54, 1.807) is 36.5 Å². The molecule has 2 heterocycles. The third kappa shape index (κ3) is 6.08. The van der Waals surface area contributed by atoms with Crippen molar-refractivity contribution < 1.29 is 27.8 Å². The van der Waals surface area contributed by atoms with Crippen LogP contribution >= 0.6 is 11.8 Å². The maximum Gasteiger partial charge on any atom is 0.387 e. The van der Waals surface area contributed by atoms with Crippen LogP contribution in [0.15, 0.2) is 71.0 Å². The van der Waals surface area contributed by atoms with Gasteiger partial charge in [-0.15, -0.1) is 0 Å². The quantitative estimate of drug-likeness (QED) is 0.506. The number of carbonyl (C=O) groups excluding carboxylic acids is 2. The van der Waals surface area contributed by atoms with Gasteiger partial charge in [0.25, 0.3) is 0 Å². The van der Waals surface area contributed by atoms with E-state index < -0.39 is 18.8 Å². The molecule has 1 N–H and O–H groups in total. The van der Waals surface area contributed by atoms with Crippen LogP contribution < -0.4 is 14.8 Å². The molecule has 2 aromatic carbocycles. The topological polar surface area (TPSA) is 95.8 Å². The maximum atomic E-state index is 13.3. The highest BCUT2D eigenvalue weighted by Crippen LogP contribution is 2.36. The number of nitrogens with zero attached hydrogens (tertiary/aromatic N) is 4. The number of alkyl halides is 2. The molecular weight excluding hydrogens is 504 g/mol. The lowest BCUT2D eigenvalue weighted by Crippen LogP contribution is -2.48. The van der Waals surface area contributed by atoms with E-state index in [-0.39, 0.29) is 28.5 Å². The number of hydrogen-bond acceptors (Lipinski definition) is 7.